The second-order valence-electron chi connectivity index (χ2n) is 4.64. The Balaban J connectivity index is 2.15. The molecule has 1 fully saturated rings. The van der Waals surface area contributed by atoms with E-state index >= 15 is 0 Å². The Kier molecular flexibility index (Phi) is 4.19. The molecule has 0 bridgehead atoms. The number of carbonyl (C=O) groups excluding carboxylic acids is 2. The number of ether oxygens (including phenoxy) is 1. The molecule has 104 valence electrons. The molecule has 0 aliphatic carbocycles. The zero-order valence-electron chi connectivity index (χ0n) is 11.3. The highest BCUT2D eigenvalue weighted by Gasteiger charge is 2.39. The summed E-state index contributed by atoms with van der Waals surface area (Å²) in [5.41, 5.74) is 0.907. The quantitative estimate of drug-likeness (QED) is 0.800. The van der Waals surface area contributed by atoms with Crippen LogP contribution in [0.2, 0.25) is 0 Å². The summed E-state index contributed by atoms with van der Waals surface area (Å²) in [6.07, 6.45) is 4.93. The van der Waals surface area contributed by atoms with Crippen LogP contribution in [0.25, 0.3) is 0 Å². The number of aromatic nitrogens is 2. The van der Waals surface area contributed by atoms with Gasteiger partial charge in [-0.25, -0.2) is 4.79 Å². The van der Waals surface area contributed by atoms with Crippen LogP contribution in [0.15, 0.2) is 12.4 Å². The van der Waals surface area contributed by atoms with Gasteiger partial charge in [0, 0.05) is 25.1 Å². The second kappa shape index (κ2) is 5.86. The first-order valence-electron chi connectivity index (χ1n) is 6.64. The molecular formula is C13H19N3O3. The van der Waals surface area contributed by atoms with Crippen molar-refractivity contribution in [2.75, 3.05) is 6.61 Å². The third-order valence-electron chi connectivity index (χ3n) is 3.20. The molecule has 2 heterocycles. The van der Waals surface area contributed by atoms with Crippen molar-refractivity contribution < 1.29 is 14.3 Å². The predicted molar refractivity (Wildman–Crippen MR) is 68.4 cm³/mol. The summed E-state index contributed by atoms with van der Waals surface area (Å²) < 4.78 is 6.83. The van der Waals surface area contributed by atoms with E-state index in [0.717, 1.165) is 18.5 Å². The zero-order valence-corrected chi connectivity index (χ0v) is 11.3. The smallest absolute Gasteiger partial charge is 0.329 e. The fourth-order valence-electron chi connectivity index (χ4n) is 2.34. The highest BCUT2D eigenvalue weighted by Crippen LogP contribution is 2.28. The maximum atomic E-state index is 11.8. The number of hydrogen-bond acceptors (Lipinski definition) is 4. The van der Waals surface area contributed by atoms with Gasteiger partial charge in [-0.2, -0.15) is 5.10 Å². The summed E-state index contributed by atoms with van der Waals surface area (Å²) in [4.78, 5) is 23.4. The Bertz CT molecular complexity index is 469. The highest BCUT2D eigenvalue weighted by atomic mass is 16.5. The van der Waals surface area contributed by atoms with E-state index in [9.17, 15) is 9.59 Å². The third kappa shape index (κ3) is 2.94. The summed E-state index contributed by atoms with van der Waals surface area (Å²) in [7, 11) is 0. The van der Waals surface area contributed by atoms with Gasteiger partial charge in [0.05, 0.1) is 12.8 Å². The molecular weight excluding hydrogens is 246 g/mol. The van der Waals surface area contributed by atoms with E-state index in [2.05, 4.69) is 17.3 Å². The predicted octanol–water partition coefficient (Wildman–Crippen LogP) is 0.828. The minimum Gasteiger partial charge on any atom is -0.464 e. The monoisotopic (exact) mass is 265 g/mol. The lowest BCUT2D eigenvalue weighted by atomic mass is 9.94. The first kappa shape index (κ1) is 13.6. The van der Waals surface area contributed by atoms with Gasteiger partial charge in [0.1, 0.15) is 6.04 Å². The van der Waals surface area contributed by atoms with Crippen molar-refractivity contribution >= 4 is 11.9 Å². The molecule has 6 heteroatoms. The van der Waals surface area contributed by atoms with Gasteiger partial charge in [0.2, 0.25) is 5.91 Å². The van der Waals surface area contributed by atoms with Crippen molar-refractivity contribution in [1.29, 1.82) is 0 Å². The van der Waals surface area contributed by atoms with Crippen LogP contribution in [-0.2, 0) is 20.9 Å². The van der Waals surface area contributed by atoms with Crippen molar-refractivity contribution in [2.24, 2.45) is 0 Å². The number of nitrogens with zero attached hydrogens (tertiary/aromatic N) is 2. The van der Waals surface area contributed by atoms with Crippen LogP contribution in [0.3, 0.4) is 0 Å². The molecule has 6 nitrogen and oxygen atoms in total. The molecule has 1 N–H and O–H groups in total. The van der Waals surface area contributed by atoms with Crippen LogP contribution in [0.5, 0.6) is 0 Å². The standard InChI is InChI=1S/C13H19N3O3/c1-3-5-16-8-9(7-14-16)10-6-11(17)15-12(10)13(18)19-4-2/h7-8,10,12H,3-6H2,1-2H3,(H,15,17). The van der Waals surface area contributed by atoms with E-state index in [4.69, 9.17) is 4.74 Å². The zero-order chi connectivity index (χ0) is 13.8. The van der Waals surface area contributed by atoms with E-state index in [-0.39, 0.29) is 17.8 Å². The number of amides is 1. The maximum absolute atomic E-state index is 11.8. The minimum atomic E-state index is -0.591. The van der Waals surface area contributed by atoms with Gasteiger partial charge < -0.3 is 10.1 Å². The number of nitrogens with one attached hydrogen (secondary N) is 1. The molecule has 2 unspecified atom stereocenters. The van der Waals surface area contributed by atoms with Crippen molar-refractivity contribution in [2.45, 2.75) is 45.2 Å². The number of esters is 1. The first-order chi connectivity index (χ1) is 9.15. The van der Waals surface area contributed by atoms with Crippen LogP contribution in [0.4, 0.5) is 0 Å². The average molecular weight is 265 g/mol. The van der Waals surface area contributed by atoms with Crippen molar-refractivity contribution in [3.63, 3.8) is 0 Å². The summed E-state index contributed by atoms with van der Waals surface area (Å²) in [6, 6.07) is -0.591. The van der Waals surface area contributed by atoms with Gasteiger partial charge >= 0.3 is 5.97 Å². The van der Waals surface area contributed by atoms with E-state index in [1.165, 1.54) is 0 Å². The topological polar surface area (TPSA) is 73.2 Å². The molecule has 19 heavy (non-hydrogen) atoms. The lowest BCUT2D eigenvalue weighted by Crippen LogP contribution is -2.37. The average Bonchev–Trinajstić information content (AvgIpc) is 2.96. The van der Waals surface area contributed by atoms with E-state index in [0.29, 0.717) is 13.0 Å². The van der Waals surface area contributed by atoms with Crippen molar-refractivity contribution in [1.82, 2.24) is 15.1 Å². The highest BCUT2D eigenvalue weighted by molar-refractivity contribution is 5.90. The van der Waals surface area contributed by atoms with E-state index in [1.54, 1.807) is 13.1 Å². The molecule has 0 saturated carbocycles. The Hall–Kier alpha value is -1.85. The molecule has 1 aliphatic heterocycles. The van der Waals surface area contributed by atoms with Gasteiger partial charge in [-0.05, 0) is 18.9 Å². The molecule has 2 rings (SSSR count). The molecule has 0 aromatic carbocycles. The van der Waals surface area contributed by atoms with Crippen molar-refractivity contribution in [3.05, 3.63) is 18.0 Å². The maximum Gasteiger partial charge on any atom is 0.329 e. The third-order valence-corrected chi connectivity index (χ3v) is 3.20. The molecule has 1 aliphatic rings. The Morgan fingerprint density at radius 3 is 3.05 bits per heavy atom. The summed E-state index contributed by atoms with van der Waals surface area (Å²) in [5, 5.41) is 6.92. The molecule has 1 saturated heterocycles. The van der Waals surface area contributed by atoms with Crippen molar-refractivity contribution in [3.8, 4) is 0 Å². The normalized spacial score (nSPS) is 22.3. The number of carbonyl (C=O) groups is 2. The largest absolute Gasteiger partial charge is 0.464 e. The summed E-state index contributed by atoms with van der Waals surface area (Å²) in [5.74, 6) is -0.676. The molecule has 1 aromatic rings. The first-order valence-corrected chi connectivity index (χ1v) is 6.64. The van der Waals surface area contributed by atoms with Gasteiger partial charge in [0.25, 0.3) is 0 Å². The van der Waals surface area contributed by atoms with Crippen LogP contribution in [0, 0.1) is 0 Å². The summed E-state index contributed by atoms with van der Waals surface area (Å²) in [6.45, 7) is 4.97. The summed E-state index contributed by atoms with van der Waals surface area (Å²) >= 11 is 0. The fourth-order valence-corrected chi connectivity index (χ4v) is 2.34. The van der Waals surface area contributed by atoms with Gasteiger partial charge in [-0.3, -0.25) is 9.48 Å². The van der Waals surface area contributed by atoms with Crippen LogP contribution >= 0.6 is 0 Å². The van der Waals surface area contributed by atoms with Gasteiger partial charge in [-0.15, -0.1) is 0 Å². The lowest BCUT2D eigenvalue weighted by Gasteiger charge is -2.15. The van der Waals surface area contributed by atoms with Gasteiger partial charge in [-0.1, -0.05) is 6.92 Å². The molecule has 2 atom stereocenters. The van der Waals surface area contributed by atoms with Gasteiger partial charge in [0.15, 0.2) is 0 Å². The van der Waals surface area contributed by atoms with Crippen LogP contribution < -0.4 is 5.32 Å². The molecule has 0 radical (unpaired) electrons. The van der Waals surface area contributed by atoms with Crippen LogP contribution in [0.1, 0.15) is 38.2 Å². The molecule has 1 aromatic heterocycles. The fraction of sp³-hybridized carbons (Fsp3) is 0.615. The van der Waals surface area contributed by atoms with E-state index in [1.807, 2.05) is 10.9 Å². The molecule has 0 spiro atoms. The van der Waals surface area contributed by atoms with Crippen LogP contribution in [-0.4, -0.2) is 34.3 Å². The Labute approximate surface area is 112 Å². The second-order valence-corrected chi connectivity index (χ2v) is 4.64. The number of rotatable bonds is 5. The lowest BCUT2D eigenvalue weighted by molar-refractivity contribution is -0.146. The Morgan fingerprint density at radius 2 is 2.37 bits per heavy atom. The Morgan fingerprint density at radius 1 is 1.58 bits per heavy atom. The number of aryl methyl sites for hydroxylation is 1. The minimum absolute atomic E-state index is 0.119. The molecule has 1 amide bonds. The van der Waals surface area contributed by atoms with E-state index < -0.39 is 6.04 Å². The number of hydrogen-bond donors (Lipinski definition) is 1. The SMILES string of the molecule is CCCn1cc(C2CC(=O)NC2C(=O)OCC)cn1.